The van der Waals surface area contributed by atoms with Gasteiger partial charge in [-0.2, -0.15) is 6.42 Å². The van der Waals surface area contributed by atoms with Crippen molar-refractivity contribution >= 4 is 0 Å². The largest absolute Gasteiger partial charge is 0.343 e. The molecule has 47 valence electrons. The van der Waals surface area contributed by atoms with E-state index in [4.69, 9.17) is 5.26 Å². The van der Waals surface area contributed by atoms with E-state index in [1.807, 2.05) is 0 Å². The Morgan fingerprint density at radius 3 is 2.29 bits per heavy atom. The molecule has 1 radical (unpaired) electrons. The van der Waals surface area contributed by atoms with E-state index < -0.39 is 0 Å². The van der Waals surface area contributed by atoms with Gasteiger partial charge in [0.15, 0.2) is 0 Å². The van der Waals surface area contributed by atoms with Gasteiger partial charge >= 0.3 is 0 Å². The Labute approximate surface area is 74.6 Å². The summed E-state index contributed by atoms with van der Waals surface area (Å²) in [4.78, 5) is 3.74. The Balaban J connectivity index is 0. The van der Waals surface area contributed by atoms with Crippen molar-refractivity contribution in [1.29, 1.82) is 0 Å². The van der Waals surface area contributed by atoms with Crippen molar-refractivity contribution in [2.24, 2.45) is 0 Å². The Morgan fingerprint density at radius 1 is 1.57 bits per heavy atom. The zero-order chi connectivity index (χ0) is 4.83. The van der Waals surface area contributed by atoms with Gasteiger partial charge in [0.2, 0.25) is 0 Å². The normalized spacial score (nSPS) is 7.71. The van der Waals surface area contributed by atoms with Crippen LogP contribution in [-0.4, -0.2) is 11.9 Å². The van der Waals surface area contributed by atoms with Crippen molar-refractivity contribution in [1.82, 2.24) is 0 Å². The Bertz CT molecular complexity index is 21.7. The molecule has 0 aliphatic carbocycles. The average molecular weight is 248 g/mol. The molecule has 0 fully saturated rings. The molecule has 2 nitrogen and oxygen atoms in total. The minimum absolute atomic E-state index is 0. The van der Waals surface area contributed by atoms with E-state index in [0.717, 1.165) is 12.8 Å². The quantitative estimate of drug-likeness (QED) is 0.350. The number of hydrogen-bond acceptors (Lipinski definition) is 2. The van der Waals surface area contributed by atoms with E-state index in [0.29, 0.717) is 6.61 Å². The molecule has 0 aliphatic heterocycles. The third-order valence-corrected chi connectivity index (χ3v) is 0.486. The van der Waals surface area contributed by atoms with Gasteiger partial charge < -0.3 is 6.92 Å². The van der Waals surface area contributed by atoms with Crippen LogP contribution in [0.3, 0.4) is 0 Å². The molecular weight excluding hydrogens is 239 g/mol. The van der Waals surface area contributed by atoms with Crippen LogP contribution in [0.25, 0.3) is 0 Å². The Morgan fingerprint density at radius 2 is 2.14 bits per heavy atom. The first-order valence-electron chi connectivity index (χ1n) is 1.97. The minimum Gasteiger partial charge on any atom is -0.343 e. The second kappa shape index (κ2) is 10.2. The van der Waals surface area contributed by atoms with E-state index in [2.05, 4.69) is 11.8 Å². The minimum atomic E-state index is 0. The molecule has 1 N–H and O–H groups in total. The van der Waals surface area contributed by atoms with Crippen molar-refractivity contribution in [3.63, 3.8) is 0 Å². The Kier molecular flexibility index (Phi) is 16.2. The maximum absolute atomic E-state index is 7.67. The van der Waals surface area contributed by atoms with Crippen LogP contribution in [0.1, 0.15) is 12.8 Å². The predicted octanol–water partition coefficient (Wildman–Crippen LogP) is 1.09. The van der Waals surface area contributed by atoms with E-state index in [9.17, 15) is 0 Å². The molecule has 0 aromatic rings. The SMILES string of the molecule is [CH2-]CCCOO.[Tb]. The summed E-state index contributed by atoms with van der Waals surface area (Å²) in [6.45, 7) is 3.94. The topological polar surface area (TPSA) is 29.5 Å². The van der Waals surface area contributed by atoms with Crippen molar-refractivity contribution in [2.45, 2.75) is 12.8 Å². The smallest absolute Gasteiger partial charge is 0.0795 e. The molecule has 3 heteroatoms. The summed E-state index contributed by atoms with van der Waals surface area (Å²) in [7, 11) is 0. The first-order chi connectivity index (χ1) is 2.91. The molecule has 0 bridgehead atoms. The van der Waals surface area contributed by atoms with Crippen molar-refractivity contribution in [3.8, 4) is 0 Å². The molecule has 0 saturated carbocycles. The maximum Gasteiger partial charge on any atom is 0.0795 e. The summed E-state index contributed by atoms with van der Waals surface area (Å²) in [5, 5.41) is 7.67. The predicted molar refractivity (Wildman–Crippen MR) is 23.2 cm³/mol. The summed E-state index contributed by atoms with van der Waals surface area (Å²) in [5.74, 6) is 0. The van der Waals surface area contributed by atoms with Gasteiger partial charge in [-0.05, 0) is 0 Å². The van der Waals surface area contributed by atoms with Gasteiger partial charge in [-0.25, -0.2) is 4.89 Å². The molecule has 0 unspecified atom stereocenters. The zero-order valence-corrected chi connectivity index (χ0v) is 6.16. The van der Waals surface area contributed by atoms with E-state index in [-0.39, 0.29) is 38.6 Å². The van der Waals surface area contributed by atoms with Crippen LogP contribution in [0.5, 0.6) is 0 Å². The molecule has 0 rings (SSSR count). The fourth-order valence-corrected chi connectivity index (χ4v) is 0.167. The van der Waals surface area contributed by atoms with Gasteiger partial charge in [0.25, 0.3) is 0 Å². The average Bonchev–Trinajstić information content (AvgIpc) is 1.61. The van der Waals surface area contributed by atoms with Crippen LogP contribution in [0.4, 0.5) is 0 Å². The summed E-state index contributed by atoms with van der Waals surface area (Å²) in [5.41, 5.74) is 0. The van der Waals surface area contributed by atoms with Gasteiger partial charge in [-0.1, -0.05) is 6.42 Å². The standard InChI is InChI=1S/C4H9O2.Tb/c1-2-3-4-6-5;/h5H,1-4H2;/q-1;. The zero-order valence-electron chi connectivity index (χ0n) is 4.02. The van der Waals surface area contributed by atoms with Crippen LogP contribution in [0, 0.1) is 45.5 Å². The number of rotatable bonds is 3. The summed E-state index contributed by atoms with van der Waals surface area (Å²) in [6.07, 6.45) is 1.65. The molecule has 7 heavy (non-hydrogen) atoms. The molecule has 0 spiro atoms. The fraction of sp³-hybridized carbons (Fsp3) is 0.750. The van der Waals surface area contributed by atoms with E-state index in [1.54, 1.807) is 0 Å². The van der Waals surface area contributed by atoms with Crippen molar-refractivity contribution in [2.75, 3.05) is 6.61 Å². The van der Waals surface area contributed by atoms with Gasteiger partial charge in [-0.3, -0.25) is 5.26 Å². The monoisotopic (exact) mass is 248 g/mol. The van der Waals surface area contributed by atoms with Crippen LogP contribution >= 0.6 is 0 Å². The van der Waals surface area contributed by atoms with Crippen LogP contribution in [0.2, 0.25) is 0 Å². The molecule has 0 amide bonds. The van der Waals surface area contributed by atoms with Crippen LogP contribution < -0.4 is 0 Å². The van der Waals surface area contributed by atoms with Crippen molar-refractivity contribution in [3.05, 3.63) is 6.92 Å². The number of hydrogen-bond donors (Lipinski definition) is 1. The first kappa shape index (κ1) is 11.1. The summed E-state index contributed by atoms with van der Waals surface area (Å²) in [6, 6.07) is 0. The second-order valence-electron chi connectivity index (χ2n) is 1.04. The second-order valence-corrected chi connectivity index (χ2v) is 1.04. The van der Waals surface area contributed by atoms with Crippen LogP contribution in [0.15, 0.2) is 0 Å². The third-order valence-electron chi connectivity index (χ3n) is 0.486. The molecule has 0 saturated heterocycles. The molecule has 0 aromatic carbocycles. The first-order valence-corrected chi connectivity index (χ1v) is 1.97. The van der Waals surface area contributed by atoms with Gasteiger partial charge in [0, 0.05) is 38.6 Å². The molecule has 0 aromatic heterocycles. The fourth-order valence-electron chi connectivity index (χ4n) is 0.167. The molecular formula is C4H9O2Tb-. The third kappa shape index (κ3) is 11.0. The Hall–Kier alpha value is 1.21. The van der Waals surface area contributed by atoms with Gasteiger partial charge in [0.05, 0.1) is 6.61 Å². The van der Waals surface area contributed by atoms with E-state index in [1.165, 1.54) is 0 Å². The van der Waals surface area contributed by atoms with Crippen LogP contribution in [-0.2, 0) is 4.89 Å². The maximum atomic E-state index is 7.67. The van der Waals surface area contributed by atoms with Gasteiger partial charge in [-0.15, -0.1) is 0 Å². The molecule has 0 heterocycles. The molecule has 0 atom stereocenters. The van der Waals surface area contributed by atoms with E-state index >= 15 is 0 Å². The van der Waals surface area contributed by atoms with Gasteiger partial charge in [0.1, 0.15) is 0 Å². The summed E-state index contributed by atoms with van der Waals surface area (Å²) >= 11 is 0. The number of unbranched alkanes of at least 4 members (excludes halogenated alkanes) is 1. The van der Waals surface area contributed by atoms with Crippen molar-refractivity contribution < 1.29 is 48.8 Å². The summed E-state index contributed by atoms with van der Waals surface area (Å²) < 4.78 is 0. The molecule has 0 aliphatic rings.